The fourth-order valence-corrected chi connectivity index (χ4v) is 3.34. The summed E-state index contributed by atoms with van der Waals surface area (Å²) in [5, 5.41) is 9.88. The van der Waals surface area contributed by atoms with Crippen LogP contribution >= 0.6 is 0 Å². The molecule has 1 aliphatic carbocycles. The normalized spacial score (nSPS) is 21.2. The highest BCUT2D eigenvalue weighted by Gasteiger charge is 2.36. The molecular formula is C16H15F2N3O. The van der Waals surface area contributed by atoms with Gasteiger partial charge in [0, 0.05) is 29.5 Å². The molecule has 0 bridgehead atoms. The van der Waals surface area contributed by atoms with Gasteiger partial charge in [-0.1, -0.05) is 6.42 Å². The van der Waals surface area contributed by atoms with Gasteiger partial charge in [-0.25, -0.2) is 8.78 Å². The maximum Gasteiger partial charge on any atom is 0.226 e. The number of hydrogen-bond donors (Lipinski definition) is 2. The lowest BCUT2D eigenvalue weighted by atomic mass is 9.77. The third-order valence-corrected chi connectivity index (χ3v) is 4.68. The Hall–Kier alpha value is -2.24. The van der Waals surface area contributed by atoms with Crippen LogP contribution in [0.1, 0.15) is 54.3 Å². The third-order valence-electron chi connectivity index (χ3n) is 4.68. The maximum absolute atomic E-state index is 14.2. The Kier molecular flexibility index (Phi) is 2.99. The van der Waals surface area contributed by atoms with Gasteiger partial charge in [0.1, 0.15) is 11.6 Å². The highest BCUT2D eigenvalue weighted by atomic mass is 19.1. The van der Waals surface area contributed by atoms with E-state index in [1.54, 1.807) is 0 Å². The molecule has 22 heavy (non-hydrogen) atoms. The van der Waals surface area contributed by atoms with Crippen LogP contribution in [0.5, 0.6) is 0 Å². The second kappa shape index (κ2) is 4.90. The Balaban J connectivity index is 1.85. The quantitative estimate of drug-likeness (QED) is 0.893. The number of aromatic nitrogens is 2. The lowest BCUT2D eigenvalue weighted by molar-refractivity contribution is -0.116. The number of halogens is 2. The summed E-state index contributed by atoms with van der Waals surface area (Å²) < 4.78 is 27.7. The molecule has 1 aromatic heterocycles. The molecule has 1 fully saturated rings. The van der Waals surface area contributed by atoms with Crippen molar-refractivity contribution >= 4 is 11.7 Å². The average Bonchev–Trinajstić information content (AvgIpc) is 2.82. The van der Waals surface area contributed by atoms with E-state index < -0.39 is 17.6 Å². The van der Waals surface area contributed by atoms with Crippen LogP contribution < -0.4 is 5.32 Å². The standard InChI is InChI=1S/C16H15F2N3O/c17-9-4-5-12(18)10(6-9)11-7-13(22)19-16-14(11)15(20-21-16)8-2-1-3-8/h4-6,8,11H,1-3,7H2,(H2,19,20,21,22). The smallest absolute Gasteiger partial charge is 0.226 e. The van der Waals surface area contributed by atoms with Crippen LogP contribution in [0.15, 0.2) is 18.2 Å². The number of anilines is 1. The molecule has 2 heterocycles. The summed E-state index contributed by atoms with van der Waals surface area (Å²) in [7, 11) is 0. The molecule has 0 radical (unpaired) electrons. The highest BCUT2D eigenvalue weighted by Crippen LogP contribution is 2.45. The van der Waals surface area contributed by atoms with Gasteiger partial charge in [-0.05, 0) is 36.6 Å². The van der Waals surface area contributed by atoms with E-state index in [1.165, 1.54) is 6.07 Å². The van der Waals surface area contributed by atoms with Gasteiger partial charge in [0.15, 0.2) is 5.82 Å². The lowest BCUT2D eigenvalue weighted by Crippen LogP contribution is -2.25. The van der Waals surface area contributed by atoms with E-state index in [4.69, 9.17) is 0 Å². The number of H-pyrrole nitrogens is 1. The van der Waals surface area contributed by atoms with E-state index in [-0.39, 0.29) is 17.9 Å². The first-order chi connectivity index (χ1) is 10.6. The number of fused-ring (bicyclic) bond motifs is 1. The second-order valence-electron chi connectivity index (χ2n) is 6.00. The fourth-order valence-electron chi connectivity index (χ4n) is 3.34. The molecule has 1 aliphatic heterocycles. The first kappa shape index (κ1) is 13.4. The summed E-state index contributed by atoms with van der Waals surface area (Å²) in [6.07, 6.45) is 3.37. The topological polar surface area (TPSA) is 57.8 Å². The zero-order valence-corrected chi connectivity index (χ0v) is 11.8. The van der Waals surface area contributed by atoms with Crippen molar-refractivity contribution in [2.75, 3.05) is 5.32 Å². The summed E-state index contributed by atoms with van der Waals surface area (Å²) >= 11 is 0. The summed E-state index contributed by atoms with van der Waals surface area (Å²) in [5.74, 6) is -0.899. The van der Waals surface area contributed by atoms with E-state index in [2.05, 4.69) is 15.5 Å². The molecule has 1 amide bonds. The molecule has 114 valence electrons. The highest BCUT2D eigenvalue weighted by molar-refractivity contribution is 5.94. The monoisotopic (exact) mass is 303 g/mol. The maximum atomic E-state index is 14.2. The minimum atomic E-state index is -0.502. The minimum absolute atomic E-state index is 0.104. The number of nitrogens with one attached hydrogen (secondary N) is 2. The minimum Gasteiger partial charge on any atom is -0.309 e. The van der Waals surface area contributed by atoms with Crippen LogP contribution in [0, 0.1) is 11.6 Å². The molecule has 1 unspecified atom stereocenters. The van der Waals surface area contributed by atoms with Crippen LogP contribution in [0.3, 0.4) is 0 Å². The summed E-state index contributed by atoms with van der Waals surface area (Å²) in [4.78, 5) is 11.9. The van der Waals surface area contributed by atoms with E-state index in [9.17, 15) is 13.6 Å². The molecule has 4 nitrogen and oxygen atoms in total. The molecule has 0 saturated heterocycles. The van der Waals surface area contributed by atoms with E-state index in [0.29, 0.717) is 11.7 Å². The van der Waals surface area contributed by atoms with Crippen molar-refractivity contribution in [3.8, 4) is 0 Å². The first-order valence-electron chi connectivity index (χ1n) is 7.46. The van der Waals surface area contributed by atoms with Gasteiger partial charge < -0.3 is 5.32 Å². The second-order valence-corrected chi connectivity index (χ2v) is 6.00. The van der Waals surface area contributed by atoms with Crippen molar-refractivity contribution in [3.05, 3.63) is 46.7 Å². The van der Waals surface area contributed by atoms with Gasteiger partial charge in [0.05, 0.1) is 0 Å². The Bertz CT molecular complexity index is 752. The molecule has 1 atom stereocenters. The molecule has 4 rings (SSSR count). The van der Waals surface area contributed by atoms with Crippen LogP contribution in [-0.4, -0.2) is 16.1 Å². The Morgan fingerprint density at radius 1 is 1.23 bits per heavy atom. The fraction of sp³-hybridized carbons (Fsp3) is 0.375. The predicted octanol–water partition coefficient (Wildman–Crippen LogP) is 3.43. The van der Waals surface area contributed by atoms with E-state index in [1.807, 2.05) is 0 Å². The van der Waals surface area contributed by atoms with Crippen molar-refractivity contribution in [1.82, 2.24) is 10.2 Å². The van der Waals surface area contributed by atoms with Crippen molar-refractivity contribution in [3.63, 3.8) is 0 Å². The zero-order valence-electron chi connectivity index (χ0n) is 11.8. The number of benzene rings is 1. The van der Waals surface area contributed by atoms with Crippen molar-refractivity contribution in [2.24, 2.45) is 0 Å². The zero-order chi connectivity index (χ0) is 15.3. The first-order valence-corrected chi connectivity index (χ1v) is 7.46. The summed E-state index contributed by atoms with van der Waals surface area (Å²) in [5.41, 5.74) is 1.99. The SMILES string of the molecule is O=C1CC(c2cc(F)ccc2F)c2c(n[nH]c2C2CCC2)N1. The van der Waals surface area contributed by atoms with Crippen molar-refractivity contribution in [2.45, 2.75) is 37.5 Å². The van der Waals surface area contributed by atoms with Crippen LogP contribution in [0.4, 0.5) is 14.6 Å². The lowest BCUT2D eigenvalue weighted by Gasteiger charge is -2.29. The van der Waals surface area contributed by atoms with Gasteiger partial charge >= 0.3 is 0 Å². The molecule has 1 aromatic carbocycles. The molecular weight excluding hydrogens is 288 g/mol. The van der Waals surface area contributed by atoms with Gasteiger partial charge in [-0.15, -0.1) is 0 Å². The molecule has 1 saturated carbocycles. The van der Waals surface area contributed by atoms with Gasteiger partial charge in [-0.3, -0.25) is 9.89 Å². The van der Waals surface area contributed by atoms with Gasteiger partial charge in [0.25, 0.3) is 0 Å². The number of carbonyl (C=O) groups is 1. The molecule has 2 aromatic rings. The predicted molar refractivity (Wildman–Crippen MR) is 76.6 cm³/mol. The average molecular weight is 303 g/mol. The Labute approximate surface area is 125 Å². The van der Waals surface area contributed by atoms with Crippen LogP contribution in [0.25, 0.3) is 0 Å². The van der Waals surface area contributed by atoms with Gasteiger partial charge in [-0.2, -0.15) is 5.10 Å². The number of hydrogen-bond acceptors (Lipinski definition) is 2. The number of amides is 1. The summed E-state index contributed by atoms with van der Waals surface area (Å²) in [6.45, 7) is 0. The number of carbonyl (C=O) groups excluding carboxylic acids is 1. The largest absolute Gasteiger partial charge is 0.309 e. The van der Waals surface area contributed by atoms with E-state index >= 15 is 0 Å². The van der Waals surface area contributed by atoms with Crippen molar-refractivity contribution in [1.29, 1.82) is 0 Å². The molecule has 2 N–H and O–H groups in total. The molecule has 0 spiro atoms. The number of nitrogens with zero attached hydrogens (tertiary/aromatic N) is 1. The molecule has 6 heteroatoms. The Morgan fingerprint density at radius 2 is 2.05 bits per heavy atom. The summed E-state index contributed by atoms with van der Waals surface area (Å²) in [6, 6.07) is 3.38. The van der Waals surface area contributed by atoms with E-state index in [0.717, 1.165) is 42.7 Å². The number of aromatic amines is 1. The third kappa shape index (κ3) is 2.01. The number of rotatable bonds is 2. The Morgan fingerprint density at radius 3 is 2.77 bits per heavy atom. The molecule has 2 aliphatic rings. The van der Waals surface area contributed by atoms with Crippen LogP contribution in [-0.2, 0) is 4.79 Å². The van der Waals surface area contributed by atoms with Gasteiger partial charge in [0.2, 0.25) is 5.91 Å². The van der Waals surface area contributed by atoms with Crippen LogP contribution in [0.2, 0.25) is 0 Å². The van der Waals surface area contributed by atoms with Crippen molar-refractivity contribution < 1.29 is 13.6 Å².